The molecule has 2 aromatic carbocycles. The number of hydrogen-bond acceptors (Lipinski definition) is 4. The number of anilines is 1. The maximum Gasteiger partial charge on any atom is 0.313 e. The number of nitrogens with one attached hydrogen (secondary N) is 2. The third kappa shape index (κ3) is 5.68. The zero-order valence-electron chi connectivity index (χ0n) is 18.2. The summed E-state index contributed by atoms with van der Waals surface area (Å²) in [6, 6.07) is 11.8. The summed E-state index contributed by atoms with van der Waals surface area (Å²) in [7, 11) is -3.65. The van der Waals surface area contributed by atoms with Crippen LogP contribution in [0.1, 0.15) is 36.8 Å². The van der Waals surface area contributed by atoms with Crippen molar-refractivity contribution < 1.29 is 18.0 Å². The summed E-state index contributed by atoms with van der Waals surface area (Å²) in [6.07, 6.45) is 2.86. The number of aryl methyl sites for hydroxylation is 2. The van der Waals surface area contributed by atoms with Crippen LogP contribution in [0.15, 0.2) is 47.4 Å². The third-order valence-electron chi connectivity index (χ3n) is 5.59. The van der Waals surface area contributed by atoms with Crippen LogP contribution in [0.3, 0.4) is 0 Å². The van der Waals surface area contributed by atoms with Crippen molar-refractivity contribution >= 4 is 39.1 Å². The van der Waals surface area contributed by atoms with Gasteiger partial charge in [-0.25, -0.2) is 8.42 Å². The Morgan fingerprint density at radius 1 is 1.09 bits per heavy atom. The van der Waals surface area contributed by atoms with Gasteiger partial charge in [0.1, 0.15) is 0 Å². The topological polar surface area (TPSA) is 95.6 Å². The van der Waals surface area contributed by atoms with Crippen LogP contribution in [0.2, 0.25) is 5.02 Å². The number of para-hydroxylation sites is 1. The minimum Gasteiger partial charge on any atom is -0.348 e. The lowest BCUT2D eigenvalue weighted by Gasteiger charge is -2.35. The highest BCUT2D eigenvalue weighted by Crippen LogP contribution is 2.29. The Morgan fingerprint density at radius 2 is 1.84 bits per heavy atom. The third-order valence-corrected chi connectivity index (χ3v) is 8.02. The highest BCUT2D eigenvalue weighted by Gasteiger charge is 2.34. The largest absolute Gasteiger partial charge is 0.348 e. The maximum absolute atomic E-state index is 13.4. The SMILES string of the molecule is Cc1ccc(C)c(S(=O)(=O)N2CCCC[C@H]2CCNC(=O)C(=O)Nc2ccccc2Cl)c1. The lowest BCUT2D eigenvalue weighted by molar-refractivity contribution is -0.136. The number of nitrogens with zero attached hydrogens (tertiary/aromatic N) is 1. The predicted octanol–water partition coefficient (Wildman–Crippen LogP) is 3.65. The number of piperidine rings is 1. The van der Waals surface area contributed by atoms with E-state index in [4.69, 9.17) is 11.6 Å². The number of halogens is 1. The van der Waals surface area contributed by atoms with Gasteiger partial charge in [-0.3, -0.25) is 9.59 Å². The Hall–Kier alpha value is -2.42. The molecular weight excluding hydrogens is 450 g/mol. The van der Waals surface area contributed by atoms with Crippen molar-refractivity contribution in [3.05, 3.63) is 58.6 Å². The molecule has 0 aliphatic carbocycles. The average molecular weight is 478 g/mol. The first kappa shape index (κ1) is 24.2. The minimum absolute atomic E-state index is 0.193. The van der Waals surface area contributed by atoms with Crippen molar-refractivity contribution in [2.24, 2.45) is 0 Å². The molecule has 1 atom stereocenters. The monoisotopic (exact) mass is 477 g/mol. The Labute approximate surface area is 194 Å². The summed E-state index contributed by atoms with van der Waals surface area (Å²) in [5.74, 6) is -1.61. The Morgan fingerprint density at radius 3 is 2.59 bits per heavy atom. The second-order valence-corrected chi connectivity index (χ2v) is 10.3. The lowest BCUT2D eigenvalue weighted by Crippen LogP contribution is -2.46. The number of rotatable bonds is 6. The number of carbonyl (C=O) groups excluding carboxylic acids is 2. The van der Waals surface area contributed by atoms with Gasteiger partial charge in [0, 0.05) is 19.1 Å². The molecule has 3 rings (SSSR count). The van der Waals surface area contributed by atoms with Crippen LogP contribution in [-0.4, -0.2) is 43.7 Å². The summed E-state index contributed by atoms with van der Waals surface area (Å²) in [6.45, 7) is 4.30. The molecule has 0 unspecified atom stereocenters. The van der Waals surface area contributed by atoms with Gasteiger partial charge in [0.2, 0.25) is 10.0 Å². The number of hydrogen-bond donors (Lipinski definition) is 2. The van der Waals surface area contributed by atoms with E-state index in [1.807, 2.05) is 19.1 Å². The molecule has 0 aromatic heterocycles. The van der Waals surface area contributed by atoms with E-state index in [-0.39, 0.29) is 12.6 Å². The molecule has 0 saturated carbocycles. The molecule has 1 fully saturated rings. The number of amides is 2. The first-order valence-electron chi connectivity index (χ1n) is 10.6. The molecule has 1 heterocycles. The first-order valence-corrected chi connectivity index (χ1v) is 12.4. The van der Waals surface area contributed by atoms with Crippen LogP contribution < -0.4 is 10.6 Å². The van der Waals surface area contributed by atoms with E-state index in [0.29, 0.717) is 40.6 Å². The molecule has 2 N–H and O–H groups in total. The highest BCUT2D eigenvalue weighted by atomic mass is 35.5. The van der Waals surface area contributed by atoms with Crippen LogP contribution in [0.5, 0.6) is 0 Å². The van der Waals surface area contributed by atoms with E-state index in [9.17, 15) is 18.0 Å². The standard InChI is InChI=1S/C23H28ClN3O4S/c1-16-10-11-17(2)21(15-16)32(30,31)27-14-6-5-7-18(27)12-13-25-22(28)23(29)26-20-9-4-3-8-19(20)24/h3-4,8-11,15,18H,5-7,12-14H2,1-2H3,(H,25,28)(H,26,29)/t18-/m0/s1. The van der Waals surface area contributed by atoms with Crippen LogP contribution in [0.25, 0.3) is 0 Å². The second-order valence-electron chi connectivity index (χ2n) is 8.01. The van der Waals surface area contributed by atoms with Crippen molar-refractivity contribution in [2.75, 3.05) is 18.4 Å². The smallest absolute Gasteiger partial charge is 0.313 e. The van der Waals surface area contributed by atoms with E-state index in [0.717, 1.165) is 18.4 Å². The van der Waals surface area contributed by atoms with Gasteiger partial charge in [-0.05, 0) is 62.4 Å². The van der Waals surface area contributed by atoms with Crippen molar-refractivity contribution in [3.63, 3.8) is 0 Å². The fraction of sp³-hybridized carbons (Fsp3) is 0.391. The van der Waals surface area contributed by atoms with Gasteiger partial charge in [0.25, 0.3) is 0 Å². The molecule has 172 valence electrons. The summed E-state index contributed by atoms with van der Waals surface area (Å²) < 4.78 is 28.3. The zero-order chi connectivity index (χ0) is 23.3. The zero-order valence-corrected chi connectivity index (χ0v) is 19.8. The van der Waals surface area contributed by atoms with Gasteiger partial charge in [-0.1, -0.05) is 42.3 Å². The van der Waals surface area contributed by atoms with E-state index in [2.05, 4.69) is 10.6 Å². The molecule has 0 radical (unpaired) electrons. The van der Waals surface area contributed by atoms with Crippen LogP contribution >= 0.6 is 11.6 Å². The van der Waals surface area contributed by atoms with Crippen molar-refractivity contribution in [3.8, 4) is 0 Å². The normalized spacial score (nSPS) is 17.0. The van der Waals surface area contributed by atoms with E-state index in [1.54, 1.807) is 41.6 Å². The van der Waals surface area contributed by atoms with Gasteiger partial charge in [-0.15, -0.1) is 0 Å². The summed E-state index contributed by atoms with van der Waals surface area (Å²) in [5, 5.41) is 5.40. The Balaban J connectivity index is 1.62. The number of sulfonamides is 1. The molecule has 2 amide bonds. The molecule has 32 heavy (non-hydrogen) atoms. The van der Waals surface area contributed by atoms with Gasteiger partial charge in [0.15, 0.2) is 0 Å². The summed E-state index contributed by atoms with van der Waals surface area (Å²) in [4.78, 5) is 24.6. The highest BCUT2D eigenvalue weighted by molar-refractivity contribution is 7.89. The average Bonchev–Trinajstić information content (AvgIpc) is 2.77. The Kier molecular flexibility index (Phi) is 7.92. The van der Waals surface area contributed by atoms with E-state index in [1.165, 1.54) is 0 Å². The molecule has 9 heteroatoms. The predicted molar refractivity (Wildman–Crippen MR) is 125 cm³/mol. The number of carbonyl (C=O) groups is 2. The number of benzene rings is 2. The minimum atomic E-state index is -3.65. The van der Waals surface area contributed by atoms with Crippen molar-refractivity contribution in [1.29, 1.82) is 0 Å². The van der Waals surface area contributed by atoms with Crippen LogP contribution in [-0.2, 0) is 19.6 Å². The van der Waals surface area contributed by atoms with Crippen molar-refractivity contribution in [2.45, 2.75) is 50.5 Å². The Bertz CT molecular complexity index is 1100. The molecule has 0 bridgehead atoms. The molecular formula is C23H28ClN3O4S. The molecule has 1 aliphatic heterocycles. The fourth-order valence-electron chi connectivity index (χ4n) is 3.86. The van der Waals surface area contributed by atoms with Crippen molar-refractivity contribution in [1.82, 2.24) is 9.62 Å². The van der Waals surface area contributed by atoms with Gasteiger partial charge in [-0.2, -0.15) is 4.31 Å². The molecule has 2 aromatic rings. The molecule has 0 spiro atoms. The van der Waals surface area contributed by atoms with Crippen LogP contribution in [0.4, 0.5) is 5.69 Å². The van der Waals surface area contributed by atoms with E-state index < -0.39 is 21.8 Å². The molecule has 7 nitrogen and oxygen atoms in total. The van der Waals surface area contributed by atoms with Crippen LogP contribution in [0, 0.1) is 13.8 Å². The quantitative estimate of drug-likeness (QED) is 0.621. The lowest BCUT2D eigenvalue weighted by atomic mass is 10.0. The van der Waals surface area contributed by atoms with E-state index >= 15 is 0 Å². The van der Waals surface area contributed by atoms with Gasteiger partial charge in [0.05, 0.1) is 15.6 Å². The molecule has 1 aliphatic rings. The van der Waals surface area contributed by atoms with Gasteiger partial charge >= 0.3 is 11.8 Å². The van der Waals surface area contributed by atoms with Gasteiger partial charge < -0.3 is 10.6 Å². The second kappa shape index (κ2) is 10.5. The first-order chi connectivity index (χ1) is 15.2. The summed E-state index contributed by atoms with van der Waals surface area (Å²) in [5.41, 5.74) is 1.95. The maximum atomic E-state index is 13.4. The fourth-order valence-corrected chi connectivity index (χ4v) is 6.08. The molecule has 1 saturated heterocycles. The summed E-state index contributed by atoms with van der Waals surface area (Å²) >= 11 is 6.00.